The summed E-state index contributed by atoms with van der Waals surface area (Å²) in [7, 11) is 0. The van der Waals surface area contributed by atoms with Crippen molar-refractivity contribution >= 4 is 0 Å². The van der Waals surface area contributed by atoms with Gasteiger partial charge >= 0.3 is 0 Å². The van der Waals surface area contributed by atoms with Crippen molar-refractivity contribution in [3.63, 3.8) is 0 Å². The molecular weight excluding hydrogens is 693 g/mol. The maximum Gasteiger partial charge on any atom is 0.160 e. The quantitative estimate of drug-likeness (QED) is 0.156. The van der Waals surface area contributed by atoms with E-state index in [0.717, 1.165) is 79.6 Å². The molecule has 4 aliphatic rings. The van der Waals surface area contributed by atoms with Gasteiger partial charge in [-0.1, -0.05) is 170 Å². The van der Waals surface area contributed by atoms with E-state index in [4.69, 9.17) is 19.9 Å². The highest BCUT2D eigenvalue weighted by Gasteiger charge is 2.93. The van der Waals surface area contributed by atoms with Crippen LogP contribution in [0.4, 0.5) is 0 Å². The highest BCUT2D eigenvalue weighted by Crippen LogP contribution is 2.97. The Morgan fingerprint density at radius 1 is 0.351 bits per heavy atom. The monoisotopic (exact) mass is 732 g/mol. The van der Waals surface area contributed by atoms with E-state index in [1.54, 1.807) is 0 Å². The van der Waals surface area contributed by atoms with E-state index < -0.39 is 0 Å². The Bertz CT molecular complexity index is 2480. The maximum absolute atomic E-state index is 5.11. The van der Waals surface area contributed by atoms with Crippen molar-refractivity contribution in [1.82, 2.24) is 19.9 Å². The van der Waals surface area contributed by atoms with Crippen molar-refractivity contribution in [1.29, 1.82) is 0 Å². The van der Waals surface area contributed by atoms with Gasteiger partial charge in [-0.3, -0.25) is 0 Å². The third-order valence-corrected chi connectivity index (χ3v) is 14.4. The van der Waals surface area contributed by atoms with Crippen LogP contribution in [0, 0.1) is 17.3 Å². The van der Waals surface area contributed by atoms with Gasteiger partial charge in [0.2, 0.25) is 0 Å². The second kappa shape index (κ2) is 12.2. The van der Waals surface area contributed by atoms with Crippen LogP contribution in [0.5, 0.6) is 0 Å². The zero-order valence-electron chi connectivity index (χ0n) is 31.6. The lowest BCUT2D eigenvalue weighted by atomic mass is 9.07. The Morgan fingerprint density at radius 2 is 0.667 bits per heavy atom. The van der Waals surface area contributed by atoms with Crippen LogP contribution in [0.1, 0.15) is 36.8 Å². The highest BCUT2D eigenvalue weighted by atomic mass is 15.0. The Kier molecular flexibility index (Phi) is 7.02. The second-order valence-electron chi connectivity index (χ2n) is 16.8. The van der Waals surface area contributed by atoms with Crippen LogP contribution in [-0.4, -0.2) is 19.9 Å². The summed E-state index contributed by atoms with van der Waals surface area (Å²) in [4.78, 5) is 20.4. The fraction of sp³-hybridized carbons (Fsp3) is 0.170. The molecule has 0 radical (unpaired) electrons. The largest absolute Gasteiger partial charge is 0.228 e. The van der Waals surface area contributed by atoms with Gasteiger partial charge in [-0.2, -0.15) is 0 Å². The second-order valence-corrected chi connectivity index (χ2v) is 16.8. The molecule has 0 N–H and O–H groups in total. The Morgan fingerprint density at radius 3 is 0.965 bits per heavy atom. The first-order chi connectivity index (χ1) is 28.1. The summed E-state index contributed by atoms with van der Waals surface area (Å²) in [5.74, 6) is 3.18. The lowest BCUT2D eigenvalue weighted by Gasteiger charge is -2.96. The van der Waals surface area contributed by atoms with Crippen LogP contribution in [0.3, 0.4) is 0 Å². The lowest BCUT2D eigenvalue weighted by Crippen LogP contribution is -2.93. The van der Waals surface area contributed by atoms with E-state index in [1.165, 1.54) is 36.8 Å². The summed E-state index contributed by atoms with van der Waals surface area (Å²) >= 11 is 0. The van der Waals surface area contributed by atoms with Crippen LogP contribution >= 0.6 is 0 Å². The van der Waals surface area contributed by atoms with E-state index in [1.807, 2.05) is 24.3 Å². The molecule has 4 aliphatic carbocycles. The van der Waals surface area contributed by atoms with Gasteiger partial charge in [0.25, 0.3) is 0 Å². The van der Waals surface area contributed by atoms with Gasteiger partial charge in [-0.05, 0) is 66.2 Å². The lowest BCUT2D eigenvalue weighted by molar-refractivity contribution is -0.412. The fourth-order valence-corrected chi connectivity index (χ4v) is 12.1. The van der Waals surface area contributed by atoms with E-state index in [0.29, 0.717) is 5.41 Å². The normalized spacial score (nSPS) is 24.8. The third kappa shape index (κ3) is 4.61. The maximum atomic E-state index is 5.11. The van der Waals surface area contributed by atoms with Gasteiger partial charge in [-0.25, -0.2) is 19.9 Å². The van der Waals surface area contributed by atoms with E-state index in [9.17, 15) is 0 Å². The third-order valence-electron chi connectivity index (χ3n) is 14.4. The molecular formula is C53H40N4. The summed E-state index contributed by atoms with van der Waals surface area (Å²) in [5, 5.41) is 0. The zero-order valence-corrected chi connectivity index (χ0v) is 31.6. The summed E-state index contributed by atoms with van der Waals surface area (Å²) < 4.78 is 0. The molecule has 0 bridgehead atoms. The van der Waals surface area contributed by atoms with Gasteiger partial charge in [0.1, 0.15) is 0 Å². The van der Waals surface area contributed by atoms with E-state index in [2.05, 4.69) is 158 Å². The molecule has 6 aromatic carbocycles. The van der Waals surface area contributed by atoms with Gasteiger partial charge < -0.3 is 0 Å². The summed E-state index contributed by atoms with van der Waals surface area (Å²) in [6.07, 6.45) is 5.23. The average Bonchev–Trinajstić information content (AvgIpc) is 3.27. The van der Waals surface area contributed by atoms with Crippen molar-refractivity contribution in [3.05, 3.63) is 193 Å². The number of benzene rings is 6. The van der Waals surface area contributed by atoms with Crippen LogP contribution in [0.2, 0.25) is 0 Å². The summed E-state index contributed by atoms with van der Waals surface area (Å²) in [5.41, 5.74) is 14.2. The number of nitrogens with zero attached hydrogens (tertiary/aromatic N) is 4. The van der Waals surface area contributed by atoms with Crippen molar-refractivity contribution in [2.45, 2.75) is 36.5 Å². The van der Waals surface area contributed by atoms with E-state index >= 15 is 0 Å². The first kappa shape index (κ1) is 32.7. The molecule has 1 spiro atoms. The van der Waals surface area contributed by atoms with Crippen molar-refractivity contribution in [2.24, 2.45) is 17.3 Å². The molecule has 0 aliphatic heterocycles. The van der Waals surface area contributed by atoms with Crippen LogP contribution in [0.25, 0.3) is 67.8 Å². The topological polar surface area (TPSA) is 51.6 Å². The smallest absolute Gasteiger partial charge is 0.160 e. The molecule has 12 rings (SSSR count). The Balaban J connectivity index is 0.859. The first-order valence-corrected chi connectivity index (χ1v) is 20.4. The molecule has 0 amide bonds. The van der Waals surface area contributed by atoms with Gasteiger partial charge in [0, 0.05) is 44.2 Å². The van der Waals surface area contributed by atoms with Crippen molar-refractivity contribution in [3.8, 4) is 67.8 Å². The van der Waals surface area contributed by atoms with Gasteiger partial charge in [-0.15, -0.1) is 0 Å². The summed E-state index contributed by atoms with van der Waals surface area (Å²) in [6, 6.07) is 64.7. The molecule has 4 heteroatoms. The minimum absolute atomic E-state index is 0.260. The molecule has 4 saturated carbocycles. The molecule has 8 aromatic rings. The van der Waals surface area contributed by atoms with Crippen LogP contribution < -0.4 is 0 Å². The Labute approximate surface area is 333 Å². The first-order valence-electron chi connectivity index (χ1n) is 20.4. The molecule has 0 saturated heterocycles. The number of aromatic nitrogens is 4. The van der Waals surface area contributed by atoms with Crippen molar-refractivity contribution < 1.29 is 0 Å². The molecule has 4 atom stereocenters. The van der Waals surface area contributed by atoms with Gasteiger partial charge in [0.15, 0.2) is 11.6 Å². The van der Waals surface area contributed by atoms with Crippen LogP contribution in [0.15, 0.2) is 182 Å². The summed E-state index contributed by atoms with van der Waals surface area (Å²) in [6.45, 7) is 0. The van der Waals surface area contributed by atoms with E-state index in [-0.39, 0.29) is 10.8 Å². The molecule has 4 unspecified atom stereocenters. The fourth-order valence-electron chi connectivity index (χ4n) is 12.1. The molecule has 4 nitrogen and oxygen atoms in total. The SMILES string of the molecule is c1ccc(-c2cc(-c3ccccc3)nc(-c3ccc(C45CC6CC7CC(c8ccc(-c9nc(-c%10ccccc%10)cc(-c%10ccccc%10)n9)cc8)(C4)C675)cc3)n2)cc1. The highest BCUT2D eigenvalue weighted by molar-refractivity contribution is 5.74. The average molecular weight is 733 g/mol. The Hall–Kier alpha value is -6.52. The van der Waals surface area contributed by atoms with Gasteiger partial charge in [0.05, 0.1) is 22.8 Å². The van der Waals surface area contributed by atoms with Crippen molar-refractivity contribution in [2.75, 3.05) is 0 Å². The number of hydrogen-bond donors (Lipinski definition) is 0. The van der Waals surface area contributed by atoms with Crippen LogP contribution in [-0.2, 0) is 10.8 Å². The standard InChI is InChI=1S/C53H40N4/c1-5-13-35(14-6-1)45-30-46(36-15-7-2-8-16-36)55-49(54-45)39-21-25-41(26-22-39)51-32-43-29-44-33-52(34-51,53(43,44)51)42-27-23-40(24-28-42)50-56-47(37-17-9-3-10-18-37)31-48(57-50)38-19-11-4-12-20-38/h1-28,30-31,43-44H,29,32-34H2. The predicted molar refractivity (Wildman–Crippen MR) is 228 cm³/mol. The molecule has 2 heterocycles. The zero-order chi connectivity index (χ0) is 37.6. The number of rotatable bonds is 8. The molecule has 272 valence electrons. The molecule has 57 heavy (non-hydrogen) atoms. The minimum Gasteiger partial charge on any atom is -0.228 e. The molecule has 2 aromatic heterocycles. The predicted octanol–water partition coefficient (Wildman–Crippen LogP) is 12.3. The minimum atomic E-state index is 0.260. The molecule has 4 fully saturated rings. The number of hydrogen-bond acceptors (Lipinski definition) is 4.